The molecule has 0 bridgehead atoms. The quantitative estimate of drug-likeness (QED) is 0.210. The van der Waals surface area contributed by atoms with Crippen LogP contribution in [0.2, 0.25) is 18.1 Å². The molecule has 4 N–H and O–H groups in total. The van der Waals surface area contributed by atoms with E-state index in [1.807, 2.05) is 19.1 Å². The Morgan fingerprint density at radius 1 is 1.18 bits per heavy atom. The molecule has 1 amide bonds. The van der Waals surface area contributed by atoms with E-state index < -0.39 is 14.3 Å². The normalized spacial score (nSPS) is 13.9. The third-order valence-electron chi connectivity index (χ3n) is 6.22. The van der Waals surface area contributed by atoms with Crippen molar-refractivity contribution in [3.63, 3.8) is 0 Å². The number of hydrogen-bond donors (Lipinski definition) is 4. The summed E-state index contributed by atoms with van der Waals surface area (Å²) >= 11 is 0. The lowest BCUT2D eigenvalue weighted by Crippen LogP contribution is -2.44. The van der Waals surface area contributed by atoms with Crippen molar-refractivity contribution in [3.05, 3.63) is 59.2 Å². The molecule has 0 aliphatic heterocycles. The lowest BCUT2D eigenvalue weighted by Gasteiger charge is -2.40. The van der Waals surface area contributed by atoms with Crippen molar-refractivity contribution in [3.8, 4) is 5.75 Å². The number of rotatable bonds is 11. The van der Waals surface area contributed by atoms with Crippen molar-refractivity contribution in [2.24, 2.45) is 0 Å². The molecular formula is C25H36N2O5Si. The molecule has 0 spiro atoms. The molecule has 2 atom stereocenters. The second-order valence-corrected chi connectivity index (χ2v) is 14.7. The van der Waals surface area contributed by atoms with Crippen molar-refractivity contribution in [2.75, 3.05) is 11.9 Å². The van der Waals surface area contributed by atoms with Gasteiger partial charge in [0.15, 0.2) is 8.32 Å². The predicted octanol–water partition coefficient (Wildman–Crippen LogP) is 4.94. The van der Waals surface area contributed by atoms with Crippen LogP contribution in [0, 0.1) is 0 Å². The van der Waals surface area contributed by atoms with Crippen molar-refractivity contribution in [1.29, 1.82) is 0 Å². The zero-order valence-corrected chi connectivity index (χ0v) is 21.3. The van der Waals surface area contributed by atoms with Gasteiger partial charge in [0, 0.05) is 12.6 Å². The number of carboxylic acids is 1. The third-order valence-corrected chi connectivity index (χ3v) is 10.7. The SMILES string of the molecule is C[C@H](Cc1cccc(C(=O)O)c1)NC[C@@H](O[Si](C)(C)C(C)(C)C)c1ccc(O)c(NC=O)c1. The van der Waals surface area contributed by atoms with Crippen LogP contribution in [0.5, 0.6) is 5.75 Å². The van der Waals surface area contributed by atoms with Crippen LogP contribution < -0.4 is 10.6 Å². The Morgan fingerprint density at radius 2 is 1.88 bits per heavy atom. The molecule has 180 valence electrons. The minimum atomic E-state index is -2.12. The Kier molecular flexibility index (Phi) is 8.82. The number of carbonyl (C=O) groups is 2. The fraction of sp³-hybridized carbons (Fsp3) is 0.440. The number of hydrogen-bond acceptors (Lipinski definition) is 5. The maximum absolute atomic E-state index is 11.2. The molecule has 0 aliphatic rings. The van der Waals surface area contributed by atoms with E-state index in [0.29, 0.717) is 25.1 Å². The zero-order valence-electron chi connectivity index (χ0n) is 20.3. The average molecular weight is 473 g/mol. The highest BCUT2D eigenvalue weighted by atomic mass is 28.4. The number of anilines is 1. The second kappa shape index (κ2) is 11.0. The van der Waals surface area contributed by atoms with E-state index in [4.69, 9.17) is 4.43 Å². The molecule has 2 rings (SSSR count). The van der Waals surface area contributed by atoms with Crippen LogP contribution in [0.15, 0.2) is 42.5 Å². The molecule has 0 saturated heterocycles. The first-order chi connectivity index (χ1) is 15.3. The van der Waals surface area contributed by atoms with E-state index in [1.54, 1.807) is 30.3 Å². The fourth-order valence-corrected chi connectivity index (χ4v) is 4.54. The summed E-state index contributed by atoms with van der Waals surface area (Å²) in [5.41, 5.74) is 2.41. The number of carbonyl (C=O) groups excluding carboxylic acids is 1. The smallest absolute Gasteiger partial charge is 0.335 e. The van der Waals surface area contributed by atoms with Crippen LogP contribution in [-0.4, -0.2) is 43.5 Å². The highest BCUT2D eigenvalue weighted by Crippen LogP contribution is 2.40. The first kappa shape index (κ1) is 26.6. The molecule has 0 fully saturated rings. The summed E-state index contributed by atoms with van der Waals surface area (Å²) < 4.78 is 6.71. The molecular weight excluding hydrogens is 436 g/mol. The van der Waals surface area contributed by atoms with Gasteiger partial charge in [-0.15, -0.1) is 0 Å². The first-order valence-electron chi connectivity index (χ1n) is 11.1. The van der Waals surface area contributed by atoms with E-state index in [2.05, 4.69) is 44.5 Å². The van der Waals surface area contributed by atoms with Crippen LogP contribution in [0.3, 0.4) is 0 Å². The lowest BCUT2D eigenvalue weighted by atomic mass is 10.0. The number of amides is 1. The number of nitrogens with one attached hydrogen (secondary N) is 2. The Labute approximate surface area is 197 Å². The molecule has 33 heavy (non-hydrogen) atoms. The van der Waals surface area contributed by atoms with Gasteiger partial charge in [-0.2, -0.15) is 0 Å². The maximum atomic E-state index is 11.2. The lowest BCUT2D eigenvalue weighted by molar-refractivity contribution is -0.105. The average Bonchev–Trinajstić information content (AvgIpc) is 2.72. The van der Waals surface area contributed by atoms with Gasteiger partial charge in [0.05, 0.1) is 17.4 Å². The molecule has 0 aliphatic carbocycles. The predicted molar refractivity (Wildman–Crippen MR) is 133 cm³/mol. The molecule has 7 nitrogen and oxygen atoms in total. The first-order valence-corrected chi connectivity index (χ1v) is 14.0. The summed E-state index contributed by atoms with van der Waals surface area (Å²) in [6, 6.07) is 12.1. The molecule has 0 heterocycles. The standard InChI is InChI=1S/C25H36N2O5Si/c1-17(12-18-8-7-9-20(13-18)24(30)31)26-15-23(32-33(5,6)25(2,3)4)19-10-11-22(29)21(14-19)27-16-28/h7-11,13-14,16-17,23,26,29H,12,15H2,1-6H3,(H,27,28)(H,30,31)/t17-,23-/m1/s1. The largest absolute Gasteiger partial charge is 0.506 e. The van der Waals surface area contributed by atoms with Crippen LogP contribution in [0.25, 0.3) is 0 Å². The summed E-state index contributed by atoms with van der Waals surface area (Å²) in [5.74, 6) is -0.941. The number of benzene rings is 2. The third kappa shape index (κ3) is 7.41. The van der Waals surface area contributed by atoms with Crippen molar-refractivity contribution in [1.82, 2.24) is 5.32 Å². The Bertz CT molecular complexity index is 972. The van der Waals surface area contributed by atoms with E-state index in [9.17, 15) is 19.8 Å². The minimum absolute atomic E-state index is 0.00318. The minimum Gasteiger partial charge on any atom is -0.506 e. The van der Waals surface area contributed by atoms with Crippen LogP contribution in [0.4, 0.5) is 5.69 Å². The number of carboxylic acid groups (broad SMARTS) is 1. The highest BCUT2D eigenvalue weighted by molar-refractivity contribution is 6.74. The number of aromatic hydroxyl groups is 1. The fourth-order valence-electron chi connectivity index (χ4n) is 3.26. The van der Waals surface area contributed by atoms with Crippen LogP contribution >= 0.6 is 0 Å². The number of phenolic OH excluding ortho intramolecular Hbond substituents is 1. The monoisotopic (exact) mass is 472 g/mol. The number of aromatic carboxylic acids is 1. The molecule has 8 heteroatoms. The van der Waals surface area contributed by atoms with Gasteiger partial charge in [-0.05, 0) is 66.9 Å². The van der Waals surface area contributed by atoms with Crippen molar-refractivity contribution >= 4 is 26.4 Å². The van der Waals surface area contributed by atoms with Crippen molar-refractivity contribution in [2.45, 2.75) is 64.4 Å². The van der Waals surface area contributed by atoms with Crippen LogP contribution in [0.1, 0.15) is 55.3 Å². The van der Waals surface area contributed by atoms with E-state index in [1.165, 1.54) is 0 Å². The second-order valence-electron chi connectivity index (χ2n) is 9.92. The summed E-state index contributed by atoms with van der Waals surface area (Å²) in [5, 5.41) is 25.3. The summed E-state index contributed by atoms with van der Waals surface area (Å²) in [6.07, 6.45) is 0.918. The van der Waals surface area contributed by atoms with Gasteiger partial charge in [0.1, 0.15) is 5.75 Å². The summed E-state index contributed by atoms with van der Waals surface area (Å²) in [4.78, 5) is 22.2. The zero-order chi connectivity index (χ0) is 24.8. The molecule has 2 aromatic rings. The molecule has 0 aromatic heterocycles. The van der Waals surface area contributed by atoms with E-state index >= 15 is 0 Å². The molecule has 0 saturated carbocycles. The van der Waals surface area contributed by atoms with Gasteiger partial charge in [-0.3, -0.25) is 4.79 Å². The van der Waals surface area contributed by atoms with Gasteiger partial charge in [-0.1, -0.05) is 39.0 Å². The van der Waals surface area contributed by atoms with E-state index in [0.717, 1.165) is 11.1 Å². The Balaban J connectivity index is 2.22. The topological polar surface area (TPSA) is 108 Å². The Hall–Kier alpha value is -2.68. The van der Waals surface area contributed by atoms with Crippen LogP contribution in [-0.2, 0) is 15.6 Å². The molecule has 0 radical (unpaired) electrons. The number of phenols is 1. The van der Waals surface area contributed by atoms with Gasteiger partial charge in [-0.25, -0.2) is 4.79 Å². The Morgan fingerprint density at radius 3 is 2.48 bits per heavy atom. The van der Waals surface area contributed by atoms with E-state index in [-0.39, 0.29) is 28.5 Å². The maximum Gasteiger partial charge on any atom is 0.335 e. The van der Waals surface area contributed by atoms with Gasteiger partial charge < -0.3 is 25.3 Å². The summed E-state index contributed by atoms with van der Waals surface area (Å²) in [6.45, 7) is 13.5. The molecule has 0 unspecified atom stereocenters. The van der Waals surface area contributed by atoms with Crippen molar-refractivity contribution < 1.29 is 24.2 Å². The van der Waals surface area contributed by atoms with Gasteiger partial charge in [0.2, 0.25) is 6.41 Å². The molecule has 2 aromatic carbocycles. The highest BCUT2D eigenvalue weighted by Gasteiger charge is 2.39. The van der Waals surface area contributed by atoms with Gasteiger partial charge >= 0.3 is 5.97 Å². The summed E-state index contributed by atoms with van der Waals surface area (Å²) in [7, 11) is -2.12. The van der Waals surface area contributed by atoms with Gasteiger partial charge in [0.25, 0.3) is 0 Å².